The highest BCUT2D eigenvalue weighted by Crippen LogP contribution is 2.41. The third kappa shape index (κ3) is 5.44. The van der Waals surface area contributed by atoms with Crippen molar-refractivity contribution in [2.75, 3.05) is 13.2 Å². The van der Waals surface area contributed by atoms with Crippen LogP contribution in [0.4, 0.5) is 0 Å². The van der Waals surface area contributed by atoms with Crippen LogP contribution >= 0.6 is 31.9 Å². The third-order valence-corrected chi connectivity index (χ3v) is 8.40. The Kier molecular flexibility index (Phi) is 7.60. The van der Waals surface area contributed by atoms with Crippen LogP contribution in [-0.4, -0.2) is 24.8 Å². The van der Waals surface area contributed by atoms with E-state index in [0.717, 1.165) is 73.5 Å². The van der Waals surface area contributed by atoms with Crippen LogP contribution in [0.1, 0.15) is 60.8 Å². The second-order valence-electron chi connectivity index (χ2n) is 8.94. The molecule has 3 nitrogen and oxygen atoms in total. The summed E-state index contributed by atoms with van der Waals surface area (Å²) in [6.45, 7) is 5.79. The number of hydrogen-bond donors (Lipinski definition) is 0. The van der Waals surface area contributed by atoms with Gasteiger partial charge in [0.05, 0.1) is 13.2 Å². The lowest BCUT2D eigenvalue weighted by atomic mass is 9.91. The fraction of sp³-hybridized carbons (Fsp3) is 0.538. The van der Waals surface area contributed by atoms with Gasteiger partial charge in [-0.2, -0.15) is 0 Å². The summed E-state index contributed by atoms with van der Waals surface area (Å²) in [7, 11) is 0. The van der Waals surface area contributed by atoms with Gasteiger partial charge in [-0.1, -0.05) is 56.1 Å². The molecule has 2 heterocycles. The van der Waals surface area contributed by atoms with E-state index >= 15 is 0 Å². The molecule has 0 bridgehead atoms. The van der Waals surface area contributed by atoms with Crippen molar-refractivity contribution >= 4 is 31.9 Å². The highest BCUT2D eigenvalue weighted by atomic mass is 79.9. The van der Waals surface area contributed by atoms with Crippen molar-refractivity contribution < 1.29 is 14.2 Å². The van der Waals surface area contributed by atoms with E-state index in [0.29, 0.717) is 0 Å². The molecule has 0 saturated carbocycles. The maximum absolute atomic E-state index is 7.03. The predicted octanol–water partition coefficient (Wildman–Crippen LogP) is 7.42. The monoisotopic (exact) mass is 550 g/mol. The van der Waals surface area contributed by atoms with Crippen LogP contribution in [0.2, 0.25) is 0 Å². The molecule has 0 aromatic heterocycles. The topological polar surface area (TPSA) is 27.7 Å². The molecule has 2 atom stereocenters. The lowest BCUT2D eigenvalue weighted by Crippen LogP contribution is -2.53. The summed E-state index contributed by atoms with van der Waals surface area (Å²) in [5.74, 6) is -1.30. The molecule has 0 radical (unpaired) electrons. The lowest BCUT2D eigenvalue weighted by molar-refractivity contribution is -0.376. The van der Waals surface area contributed by atoms with E-state index in [1.165, 1.54) is 22.3 Å². The van der Waals surface area contributed by atoms with E-state index < -0.39 is 11.6 Å². The Morgan fingerprint density at radius 1 is 0.742 bits per heavy atom. The van der Waals surface area contributed by atoms with Crippen molar-refractivity contribution in [1.82, 2.24) is 0 Å². The molecule has 2 aliphatic rings. The first-order valence-corrected chi connectivity index (χ1v) is 13.0. The predicted molar refractivity (Wildman–Crippen MR) is 131 cm³/mol. The normalized spacial score (nSPS) is 26.7. The number of benzene rings is 2. The highest BCUT2D eigenvalue weighted by molar-refractivity contribution is 9.10. The van der Waals surface area contributed by atoms with Gasteiger partial charge in [0.15, 0.2) is 11.6 Å². The summed E-state index contributed by atoms with van der Waals surface area (Å²) < 4.78 is 22.2. The van der Waals surface area contributed by atoms with E-state index in [2.05, 4.69) is 82.1 Å². The molecule has 0 spiro atoms. The van der Waals surface area contributed by atoms with Gasteiger partial charge in [-0.05, 0) is 73.9 Å². The van der Waals surface area contributed by atoms with Crippen molar-refractivity contribution in [3.63, 3.8) is 0 Å². The van der Waals surface area contributed by atoms with Gasteiger partial charge in [-0.3, -0.25) is 0 Å². The summed E-state index contributed by atoms with van der Waals surface area (Å²) >= 11 is 7.37. The smallest absolute Gasteiger partial charge is 0.175 e. The Hall–Kier alpha value is -0.720. The Labute approximate surface area is 203 Å². The van der Waals surface area contributed by atoms with E-state index in [-0.39, 0.29) is 0 Å². The van der Waals surface area contributed by atoms with Crippen molar-refractivity contribution in [2.45, 2.75) is 76.8 Å². The quantitative estimate of drug-likeness (QED) is 0.373. The summed E-state index contributed by atoms with van der Waals surface area (Å²) in [4.78, 5) is 0. The molecule has 0 amide bonds. The van der Waals surface area contributed by atoms with E-state index in [1.807, 2.05) is 0 Å². The van der Waals surface area contributed by atoms with Gasteiger partial charge < -0.3 is 14.2 Å². The molecule has 168 valence electrons. The highest BCUT2D eigenvalue weighted by Gasteiger charge is 2.46. The zero-order valence-corrected chi connectivity index (χ0v) is 21.7. The largest absolute Gasteiger partial charge is 0.349 e. The van der Waals surface area contributed by atoms with Gasteiger partial charge in [-0.25, -0.2) is 0 Å². The molecule has 5 heteroatoms. The molecule has 0 aliphatic carbocycles. The fourth-order valence-electron chi connectivity index (χ4n) is 4.77. The second kappa shape index (κ2) is 10.0. The molecular weight excluding hydrogens is 520 g/mol. The molecule has 4 rings (SSSR count). The Bertz CT molecular complexity index is 826. The molecule has 2 aromatic rings. The van der Waals surface area contributed by atoms with Gasteiger partial charge in [-0.15, -0.1) is 0 Å². The van der Waals surface area contributed by atoms with Crippen molar-refractivity contribution in [3.05, 3.63) is 67.6 Å². The standard InChI is InChI=1S/C26H32Br2O3/c1-19-21(9-7-11-23(19)27)17-25(13-3-5-15-29-25)31-26(14-4-6-16-30-26)18-22-10-8-12-24(28)20(22)2/h7-12H,3-6,13-18H2,1-2H3. The molecule has 0 N–H and O–H groups in total. The Morgan fingerprint density at radius 2 is 1.19 bits per heavy atom. The maximum Gasteiger partial charge on any atom is 0.175 e. The summed E-state index contributed by atoms with van der Waals surface area (Å²) in [5.41, 5.74) is 5.03. The van der Waals surface area contributed by atoms with E-state index in [1.54, 1.807) is 0 Å². The van der Waals surface area contributed by atoms with Crippen LogP contribution in [0, 0.1) is 13.8 Å². The zero-order chi connectivity index (χ0) is 21.9. The van der Waals surface area contributed by atoms with Crippen molar-refractivity contribution in [2.24, 2.45) is 0 Å². The van der Waals surface area contributed by atoms with Gasteiger partial charge >= 0.3 is 0 Å². The Morgan fingerprint density at radius 3 is 1.58 bits per heavy atom. The van der Waals surface area contributed by atoms with Crippen LogP contribution in [0.25, 0.3) is 0 Å². The minimum atomic E-state index is -0.652. The average molecular weight is 552 g/mol. The molecular formula is C26H32Br2O3. The van der Waals surface area contributed by atoms with Crippen LogP contribution in [0.3, 0.4) is 0 Å². The summed E-state index contributed by atoms with van der Waals surface area (Å²) in [6, 6.07) is 12.8. The number of hydrogen-bond acceptors (Lipinski definition) is 3. The summed E-state index contributed by atoms with van der Waals surface area (Å²) in [5, 5.41) is 0. The minimum absolute atomic E-state index is 0.652. The average Bonchev–Trinajstić information content (AvgIpc) is 2.76. The molecule has 2 aromatic carbocycles. The fourth-order valence-corrected chi connectivity index (χ4v) is 5.59. The first-order chi connectivity index (χ1) is 14.9. The molecule has 2 saturated heterocycles. The van der Waals surface area contributed by atoms with Crippen LogP contribution < -0.4 is 0 Å². The van der Waals surface area contributed by atoms with Crippen molar-refractivity contribution in [3.8, 4) is 0 Å². The second-order valence-corrected chi connectivity index (χ2v) is 10.6. The SMILES string of the molecule is Cc1c(Br)cccc1CC1(OC2(Cc3cccc(Br)c3C)CCCCO2)CCCCO1. The van der Waals surface area contributed by atoms with E-state index in [4.69, 9.17) is 14.2 Å². The first kappa shape index (κ1) is 23.4. The molecule has 2 fully saturated rings. The van der Waals surface area contributed by atoms with Crippen LogP contribution in [-0.2, 0) is 27.1 Å². The maximum atomic E-state index is 7.03. The Balaban J connectivity index is 1.66. The van der Waals surface area contributed by atoms with Crippen LogP contribution in [0.15, 0.2) is 45.3 Å². The number of rotatable bonds is 6. The minimum Gasteiger partial charge on any atom is -0.349 e. The van der Waals surface area contributed by atoms with Gasteiger partial charge in [0.2, 0.25) is 0 Å². The van der Waals surface area contributed by atoms with Gasteiger partial charge in [0.25, 0.3) is 0 Å². The summed E-state index contributed by atoms with van der Waals surface area (Å²) in [6.07, 6.45) is 7.64. The van der Waals surface area contributed by atoms with E-state index in [9.17, 15) is 0 Å². The molecule has 31 heavy (non-hydrogen) atoms. The van der Waals surface area contributed by atoms with Crippen LogP contribution in [0.5, 0.6) is 0 Å². The number of ether oxygens (including phenoxy) is 3. The molecule has 2 aliphatic heterocycles. The first-order valence-electron chi connectivity index (χ1n) is 11.4. The number of halogens is 2. The lowest BCUT2D eigenvalue weighted by Gasteiger charge is -2.47. The van der Waals surface area contributed by atoms with Gasteiger partial charge in [0, 0.05) is 34.6 Å². The van der Waals surface area contributed by atoms with Crippen molar-refractivity contribution in [1.29, 1.82) is 0 Å². The van der Waals surface area contributed by atoms with Gasteiger partial charge in [0.1, 0.15) is 0 Å². The molecule has 2 unspecified atom stereocenters. The third-order valence-electron chi connectivity index (χ3n) is 6.69. The zero-order valence-electron chi connectivity index (χ0n) is 18.5.